The Morgan fingerprint density at radius 2 is 1.89 bits per heavy atom. The first-order valence-electron chi connectivity index (χ1n) is 10.4. The van der Waals surface area contributed by atoms with Gasteiger partial charge in [0.15, 0.2) is 0 Å². The Labute approximate surface area is 173 Å². The number of hydrogen-bond donors (Lipinski definition) is 0. The second-order valence-electron chi connectivity index (χ2n) is 9.25. The van der Waals surface area contributed by atoms with Crippen LogP contribution in [0, 0.1) is 0 Å². The molecular weight excluding hydrogens is 364 g/mol. The molecule has 0 atom stereocenters. The van der Waals surface area contributed by atoms with Crippen molar-refractivity contribution < 1.29 is 4.74 Å². The Bertz CT molecular complexity index is 817. The van der Waals surface area contributed by atoms with Gasteiger partial charge in [-0.2, -0.15) is 11.8 Å². The largest absolute Gasteiger partial charge is 0.487 e. The number of likely N-dealkylation sites (tertiary alicyclic amines) is 1. The first-order chi connectivity index (χ1) is 13.4. The van der Waals surface area contributed by atoms with E-state index in [4.69, 9.17) is 4.74 Å². The molecule has 0 bridgehead atoms. The third kappa shape index (κ3) is 4.08. The highest BCUT2D eigenvalue weighted by Crippen LogP contribution is 2.41. The fourth-order valence-electron chi connectivity index (χ4n) is 4.46. The molecule has 1 spiro atoms. The van der Waals surface area contributed by atoms with Gasteiger partial charge in [-0.15, -0.1) is 0 Å². The van der Waals surface area contributed by atoms with E-state index in [2.05, 4.69) is 67.2 Å². The van der Waals surface area contributed by atoms with E-state index in [0.29, 0.717) is 0 Å². The minimum absolute atomic E-state index is 0.0357. The lowest BCUT2D eigenvalue weighted by Crippen LogP contribution is -2.54. The van der Waals surface area contributed by atoms with Gasteiger partial charge in [-0.3, -0.25) is 9.88 Å². The molecule has 2 aliphatic rings. The molecule has 28 heavy (non-hydrogen) atoms. The zero-order valence-electron chi connectivity index (χ0n) is 17.6. The van der Waals surface area contributed by atoms with Crippen molar-refractivity contribution in [1.82, 2.24) is 9.88 Å². The van der Waals surface area contributed by atoms with Gasteiger partial charge in [0, 0.05) is 36.1 Å². The van der Waals surface area contributed by atoms with Crippen LogP contribution in [0.2, 0.25) is 0 Å². The van der Waals surface area contributed by atoms with Crippen LogP contribution in [0.3, 0.4) is 0 Å². The number of fused-ring (bicyclic) bond motifs is 1. The molecule has 1 fully saturated rings. The van der Waals surface area contributed by atoms with Gasteiger partial charge in [-0.25, -0.2) is 0 Å². The van der Waals surface area contributed by atoms with Crippen LogP contribution in [0.15, 0.2) is 36.5 Å². The van der Waals surface area contributed by atoms with Crippen LogP contribution in [0.1, 0.15) is 51.2 Å². The van der Waals surface area contributed by atoms with Gasteiger partial charge in [0.05, 0.1) is 5.69 Å². The topological polar surface area (TPSA) is 25.4 Å². The van der Waals surface area contributed by atoms with Crippen LogP contribution in [-0.4, -0.2) is 40.4 Å². The van der Waals surface area contributed by atoms with Crippen molar-refractivity contribution in [3.63, 3.8) is 0 Å². The SMILES string of the molecule is CSCc1ccc(-c2ccc3c(c2)CCC2(CCN(C(C)(C)C)CC2)O3)nc1. The van der Waals surface area contributed by atoms with Gasteiger partial charge >= 0.3 is 0 Å². The van der Waals surface area contributed by atoms with Crippen molar-refractivity contribution in [3.05, 3.63) is 47.7 Å². The minimum atomic E-state index is 0.0357. The Kier molecular flexibility index (Phi) is 5.45. The van der Waals surface area contributed by atoms with E-state index >= 15 is 0 Å². The molecule has 1 aromatic heterocycles. The Hall–Kier alpha value is -1.52. The van der Waals surface area contributed by atoms with E-state index in [-0.39, 0.29) is 11.1 Å². The van der Waals surface area contributed by atoms with Crippen molar-refractivity contribution in [2.75, 3.05) is 19.3 Å². The summed E-state index contributed by atoms with van der Waals surface area (Å²) in [6.45, 7) is 9.19. The highest BCUT2D eigenvalue weighted by molar-refractivity contribution is 7.97. The molecule has 3 heterocycles. The standard InChI is InChI=1S/C24H32N2OS/c1-23(2,3)26-13-11-24(12-14-26)10-9-20-15-19(6-8-22(20)27-24)21-7-5-18(16-25-21)17-28-4/h5-8,15-16H,9-14,17H2,1-4H3. The molecule has 0 radical (unpaired) electrons. The molecule has 0 aliphatic carbocycles. The van der Waals surface area contributed by atoms with Crippen molar-refractivity contribution >= 4 is 11.8 Å². The number of hydrogen-bond acceptors (Lipinski definition) is 4. The van der Waals surface area contributed by atoms with E-state index in [0.717, 1.165) is 56.0 Å². The maximum absolute atomic E-state index is 6.61. The number of ether oxygens (including phenoxy) is 1. The monoisotopic (exact) mass is 396 g/mol. The molecular formula is C24H32N2OS. The fraction of sp³-hybridized carbons (Fsp3) is 0.542. The third-order valence-electron chi connectivity index (χ3n) is 6.29. The van der Waals surface area contributed by atoms with Crippen LogP contribution in [0.5, 0.6) is 5.75 Å². The summed E-state index contributed by atoms with van der Waals surface area (Å²) in [6, 6.07) is 10.9. The molecule has 4 rings (SSSR count). The number of pyridine rings is 1. The number of benzene rings is 1. The van der Waals surface area contributed by atoms with Crippen LogP contribution in [0.4, 0.5) is 0 Å². The summed E-state index contributed by atoms with van der Waals surface area (Å²) in [5.74, 6) is 2.10. The van der Waals surface area contributed by atoms with E-state index in [1.807, 2.05) is 18.0 Å². The van der Waals surface area contributed by atoms with Gasteiger partial charge in [0.1, 0.15) is 11.4 Å². The maximum atomic E-state index is 6.61. The first kappa shape index (κ1) is 19.8. The Morgan fingerprint density at radius 1 is 1.11 bits per heavy atom. The summed E-state index contributed by atoms with van der Waals surface area (Å²) in [6.07, 6.45) is 8.61. The number of nitrogens with zero attached hydrogens (tertiary/aromatic N) is 2. The lowest BCUT2D eigenvalue weighted by Gasteiger charge is -2.48. The fourth-order valence-corrected chi connectivity index (χ4v) is 4.97. The van der Waals surface area contributed by atoms with Gasteiger partial charge in [-0.1, -0.05) is 6.07 Å². The predicted octanol–water partition coefficient (Wildman–Crippen LogP) is 5.57. The molecule has 150 valence electrons. The molecule has 1 aromatic carbocycles. The van der Waals surface area contributed by atoms with Gasteiger partial charge < -0.3 is 4.74 Å². The smallest absolute Gasteiger partial charge is 0.123 e. The average molecular weight is 397 g/mol. The van der Waals surface area contributed by atoms with Crippen molar-refractivity contribution in [1.29, 1.82) is 0 Å². The summed E-state index contributed by atoms with van der Waals surface area (Å²) in [5.41, 5.74) is 5.13. The molecule has 3 nitrogen and oxygen atoms in total. The van der Waals surface area contributed by atoms with E-state index in [9.17, 15) is 0 Å². The molecule has 0 amide bonds. The molecule has 0 N–H and O–H groups in total. The second kappa shape index (κ2) is 7.72. The van der Waals surface area contributed by atoms with Crippen LogP contribution >= 0.6 is 11.8 Å². The second-order valence-corrected chi connectivity index (χ2v) is 10.1. The van der Waals surface area contributed by atoms with Crippen molar-refractivity contribution in [2.24, 2.45) is 0 Å². The zero-order chi connectivity index (χ0) is 19.8. The zero-order valence-corrected chi connectivity index (χ0v) is 18.4. The number of piperidine rings is 1. The summed E-state index contributed by atoms with van der Waals surface area (Å²) in [7, 11) is 0. The van der Waals surface area contributed by atoms with Gasteiger partial charge in [-0.05, 0) is 88.1 Å². The highest BCUT2D eigenvalue weighted by atomic mass is 32.2. The van der Waals surface area contributed by atoms with Gasteiger partial charge in [0.2, 0.25) is 0 Å². The van der Waals surface area contributed by atoms with Crippen LogP contribution in [0.25, 0.3) is 11.3 Å². The molecule has 2 aromatic rings. The lowest BCUT2D eigenvalue weighted by molar-refractivity contribution is -0.0355. The third-order valence-corrected chi connectivity index (χ3v) is 6.91. The highest BCUT2D eigenvalue weighted by Gasteiger charge is 2.41. The molecule has 2 aliphatic heterocycles. The summed E-state index contributed by atoms with van der Waals surface area (Å²) in [4.78, 5) is 7.26. The maximum Gasteiger partial charge on any atom is 0.123 e. The van der Waals surface area contributed by atoms with Gasteiger partial charge in [0.25, 0.3) is 0 Å². The average Bonchev–Trinajstić information content (AvgIpc) is 2.68. The number of aryl methyl sites for hydroxylation is 1. The van der Waals surface area contributed by atoms with E-state index < -0.39 is 0 Å². The van der Waals surface area contributed by atoms with E-state index in [1.165, 1.54) is 16.7 Å². The molecule has 4 heteroatoms. The summed E-state index contributed by atoms with van der Waals surface area (Å²) >= 11 is 1.83. The predicted molar refractivity (Wildman–Crippen MR) is 119 cm³/mol. The lowest BCUT2D eigenvalue weighted by atomic mass is 9.81. The van der Waals surface area contributed by atoms with Crippen molar-refractivity contribution in [3.8, 4) is 17.0 Å². The number of thioether (sulfide) groups is 1. The number of rotatable bonds is 3. The quantitative estimate of drug-likeness (QED) is 0.677. The van der Waals surface area contributed by atoms with Crippen LogP contribution in [-0.2, 0) is 12.2 Å². The molecule has 0 unspecified atom stereocenters. The Morgan fingerprint density at radius 3 is 2.54 bits per heavy atom. The van der Waals surface area contributed by atoms with Crippen molar-refractivity contribution in [2.45, 2.75) is 63.3 Å². The molecule has 0 saturated carbocycles. The minimum Gasteiger partial charge on any atom is -0.487 e. The first-order valence-corrected chi connectivity index (χ1v) is 11.8. The normalized spacial score (nSPS) is 19.3. The summed E-state index contributed by atoms with van der Waals surface area (Å²) < 4.78 is 6.61. The summed E-state index contributed by atoms with van der Waals surface area (Å²) in [5, 5.41) is 0. The molecule has 1 saturated heterocycles. The Balaban J connectivity index is 1.48. The van der Waals surface area contributed by atoms with E-state index in [1.54, 1.807) is 0 Å². The van der Waals surface area contributed by atoms with Crippen LogP contribution < -0.4 is 4.74 Å². The number of aromatic nitrogens is 1.